The molecule has 4 nitrogen and oxygen atoms in total. The van der Waals surface area contributed by atoms with Gasteiger partial charge in [0, 0.05) is 11.7 Å². The van der Waals surface area contributed by atoms with Crippen LogP contribution in [-0.4, -0.2) is 14.5 Å². The number of nitrogens with zero attached hydrogens (tertiary/aromatic N) is 3. The summed E-state index contributed by atoms with van der Waals surface area (Å²) in [6, 6.07) is 4.05. The Bertz CT molecular complexity index is 542. The van der Waals surface area contributed by atoms with Crippen LogP contribution in [0.3, 0.4) is 0 Å². The van der Waals surface area contributed by atoms with Gasteiger partial charge in [-0.3, -0.25) is 9.55 Å². The van der Waals surface area contributed by atoms with Gasteiger partial charge < -0.3 is 5.73 Å². The minimum Gasteiger partial charge on any atom is -0.322 e. The van der Waals surface area contributed by atoms with Gasteiger partial charge >= 0.3 is 0 Å². The van der Waals surface area contributed by atoms with Crippen molar-refractivity contribution in [2.75, 3.05) is 0 Å². The highest BCUT2D eigenvalue weighted by atomic mass is 15.1. The van der Waals surface area contributed by atoms with Crippen LogP contribution in [-0.2, 0) is 0 Å². The molecule has 0 spiro atoms. The molecule has 2 rings (SSSR count). The van der Waals surface area contributed by atoms with Gasteiger partial charge in [-0.2, -0.15) is 0 Å². The molecule has 2 aromatic heterocycles. The third-order valence-electron chi connectivity index (χ3n) is 3.18. The van der Waals surface area contributed by atoms with Gasteiger partial charge in [0.05, 0.1) is 29.6 Å². The molecule has 0 saturated carbocycles. The fourth-order valence-corrected chi connectivity index (χ4v) is 2.03. The molecule has 0 aliphatic carbocycles. The molecule has 96 valence electrons. The van der Waals surface area contributed by atoms with Crippen LogP contribution < -0.4 is 5.73 Å². The van der Waals surface area contributed by atoms with E-state index >= 15 is 0 Å². The first-order chi connectivity index (χ1) is 8.50. The molecule has 18 heavy (non-hydrogen) atoms. The summed E-state index contributed by atoms with van der Waals surface area (Å²) in [6.45, 7) is 8.23. The van der Waals surface area contributed by atoms with Gasteiger partial charge in [-0.05, 0) is 31.9 Å². The number of hydrogen-bond acceptors (Lipinski definition) is 3. The largest absolute Gasteiger partial charge is 0.322 e. The summed E-state index contributed by atoms with van der Waals surface area (Å²) < 4.78 is 2.03. The number of rotatable bonds is 3. The van der Waals surface area contributed by atoms with E-state index in [1.807, 2.05) is 30.7 Å². The molecule has 4 heteroatoms. The van der Waals surface area contributed by atoms with Crippen molar-refractivity contribution in [1.82, 2.24) is 14.5 Å². The summed E-state index contributed by atoms with van der Waals surface area (Å²) >= 11 is 0. The standard InChI is InChI=1S/C14H20N4/c1-9(2)14(15)13-7-16-8-18(13)12-6-5-10(3)17-11(12)4/h5-9,14H,15H2,1-4H3. The summed E-state index contributed by atoms with van der Waals surface area (Å²) in [5.41, 5.74) is 10.3. The number of aryl methyl sites for hydroxylation is 2. The maximum absolute atomic E-state index is 6.22. The van der Waals surface area contributed by atoms with E-state index in [0.717, 1.165) is 22.8 Å². The lowest BCUT2D eigenvalue weighted by molar-refractivity contribution is 0.496. The van der Waals surface area contributed by atoms with Gasteiger partial charge in [-0.15, -0.1) is 0 Å². The Hall–Kier alpha value is -1.68. The zero-order chi connectivity index (χ0) is 13.3. The highest BCUT2D eigenvalue weighted by molar-refractivity contribution is 5.39. The van der Waals surface area contributed by atoms with Crippen molar-refractivity contribution >= 4 is 0 Å². The lowest BCUT2D eigenvalue weighted by Gasteiger charge is -2.18. The fraction of sp³-hybridized carbons (Fsp3) is 0.429. The smallest absolute Gasteiger partial charge is 0.0995 e. The second-order valence-corrected chi connectivity index (χ2v) is 5.02. The molecule has 2 heterocycles. The van der Waals surface area contributed by atoms with E-state index in [4.69, 9.17) is 5.73 Å². The fourth-order valence-electron chi connectivity index (χ4n) is 2.03. The van der Waals surface area contributed by atoms with Crippen molar-refractivity contribution < 1.29 is 0 Å². The number of imidazole rings is 1. The van der Waals surface area contributed by atoms with Crippen molar-refractivity contribution in [2.24, 2.45) is 11.7 Å². The SMILES string of the molecule is Cc1ccc(-n2cncc2C(N)C(C)C)c(C)n1. The molecule has 2 aromatic rings. The van der Waals surface area contributed by atoms with Gasteiger partial charge in [-0.25, -0.2) is 4.98 Å². The Balaban J connectivity index is 2.49. The van der Waals surface area contributed by atoms with E-state index in [-0.39, 0.29) is 6.04 Å². The first-order valence-electron chi connectivity index (χ1n) is 6.23. The van der Waals surface area contributed by atoms with E-state index in [9.17, 15) is 0 Å². The molecular weight excluding hydrogens is 224 g/mol. The number of nitrogens with two attached hydrogens (primary N) is 1. The highest BCUT2D eigenvalue weighted by Crippen LogP contribution is 2.23. The minimum absolute atomic E-state index is 0.0202. The first kappa shape index (κ1) is 12.8. The molecule has 0 saturated heterocycles. The molecule has 0 aromatic carbocycles. The van der Waals surface area contributed by atoms with Crippen molar-refractivity contribution in [1.29, 1.82) is 0 Å². The van der Waals surface area contributed by atoms with Crippen LogP contribution in [0.15, 0.2) is 24.7 Å². The molecule has 0 radical (unpaired) electrons. The average molecular weight is 244 g/mol. The molecule has 0 bridgehead atoms. The van der Waals surface area contributed by atoms with E-state index in [1.165, 1.54) is 0 Å². The van der Waals surface area contributed by atoms with Gasteiger partial charge in [0.2, 0.25) is 0 Å². The van der Waals surface area contributed by atoms with Crippen molar-refractivity contribution in [3.05, 3.63) is 41.7 Å². The van der Waals surface area contributed by atoms with Crippen molar-refractivity contribution in [3.63, 3.8) is 0 Å². The van der Waals surface area contributed by atoms with Crippen LogP contribution in [0.1, 0.15) is 37.0 Å². The number of pyridine rings is 1. The van der Waals surface area contributed by atoms with E-state index < -0.39 is 0 Å². The maximum Gasteiger partial charge on any atom is 0.0995 e. The van der Waals surface area contributed by atoms with Gasteiger partial charge in [0.1, 0.15) is 0 Å². The van der Waals surface area contributed by atoms with E-state index in [0.29, 0.717) is 5.92 Å². The predicted octanol–water partition coefficient (Wildman–Crippen LogP) is 2.54. The summed E-state index contributed by atoms with van der Waals surface area (Å²) in [5.74, 6) is 0.374. The Kier molecular flexibility index (Phi) is 3.48. The average Bonchev–Trinajstić information content (AvgIpc) is 2.76. The minimum atomic E-state index is -0.0202. The molecule has 2 N–H and O–H groups in total. The number of hydrogen-bond donors (Lipinski definition) is 1. The Morgan fingerprint density at radius 2 is 1.94 bits per heavy atom. The van der Waals surface area contributed by atoms with Gasteiger partial charge in [0.25, 0.3) is 0 Å². The van der Waals surface area contributed by atoms with Gasteiger partial charge in [0.15, 0.2) is 0 Å². The Morgan fingerprint density at radius 1 is 1.22 bits per heavy atom. The predicted molar refractivity (Wildman–Crippen MR) is 72.6 cm³/mol. The van der Waals surface area contributed by atoms with Crippen LogP contribution in [0.4, 0.5) is 0 Å². The molecule has 0 amide bonds. The zero-order valence-corrected chi connectivity index (χ0v) is 11.4. The molecule has 1 atom stereocenters. The normalized spacial score (nSPS) is 13.0. The molecular formula is C14H20N4. The third kappa shape index (κ3) is 2.29. The summed E-state index contributed by atoms with van der Waals surface area (Å²) in [7, 11) is 0. The summed E-state index contributed by atoms with van der Waals surface area (Å²) in [6.07, 6.45) is 3.64. The second-order valence-electron chi connectivity index (χ2n) is 5.02. The quantitative estimate of drug-likeness (QED) is 0.902. The van der Waals surface area contributed by atoms with Crippen molar-refractivity contribution in [3.8, 4) is 5.69 Å². The third-order valence-corrected chi connectivity index (χ3v) is 3.18. The van der Waals surface area contributed by atoms with Crippen LogP contribution in [0.5, 0.6) is 0 Å². The molecule has 0 aliphatic heterocycles. The first-order valence-corrected chi connectivity index (χ1v) is 6.23. The molecule has 0 fully saturated rings. The van der Waals surface area contributed by atoms with Crippen LogP contribution in [0.2, 0.25) is 0 Å². The van der Waals surface area contributed by atoms with E-state index in [1.54, 1.807) is 6.33 Å². The lowest BCUT2D eigenvalue weighted by Crippen LogP contribution is -2.20. The number of aromatic nitrogens is 3. The maximum atomic E-state index is 6.22. The Morgan fingerprint density at radius 3 is 2.56 bits per heavy atom. The van der Waals surface area contributed by atoms with E-state index in [2.05, 4.69) is 29.9 Å². The summed E-state index contributed by atoms with van der Waals surface area (Å²) in [4.78, 5) is 8.71. The van der Waals surface area contributed by atoms with Gasteiger partial charge in [-0.1, -0.05) is 13.8 Å². The Labute approximate surface area is 108 Å². The van der Waals surface area contributed by atoms with Crippen LogP contribution in [0, 0.1) is 19.8 Å². The van der Waals surface area contributed by atoms with Crippen LogP contribution >= 0.6 is 0 Å². The van der Waals surface area contributed by atoms with Crippen LogP contribution in [0.25, 0.3) is 5.69 Å². The van der Waals surface area contributed by atoms with Crippen molar-refractivity contribution in [2.45, 2.75) is 33.7 Å². The monoisotopic (exact) mass is 244 g/mol. The lowest BCUT2D eigenvalue weighted by atomic mass is 10.0. The summed E-state index contributed by atoms with van der Waals surface area (Å²) in [5, 5.41) is 0. The topological polar surface area (TPSA) is 56.7 Å². The molecule has 0 aliphatic rings. The second kappa shape index (κ2) is 4.90. The molecule has 1 unspecified atom stereocenters. The zero-order valence-electron chi connectivity index (χ0n) is 11.4. The highest BCUT2D eigenvalue weighted by Gasteiger charge is 2.17.